The van der Waals surface area contributed by atoms with E-state index in [1.54, 1.807) is 4.90 Å². The van der Waals surface area contributed by atoms with Gasteiger partial charge in [0.05, 0.1) is 18.4 Å². The van der Waals surface area contributed by atoms with Crippen molar-refractivity contribution >= 4 is 11.9 Å². The first-order valence-corrected chi connectivity index (χ1v) is 7.37. The Bertz CT molecular complexity index is 407. The lowest BCUT2D eigenvalue weighted by Crippen LogP contribution is -2.44. The van der Waals surface area contributed by atoms with Gasteiger partial charge >= 0.3 is 5.97 Å². The van der Waals surface area contributed by atoms with Crippen molar-refractivity contribution in [2.24, 2.45) is 23.7 Å². The van der Waals surface area contributed by atoms with Crippen molar-refractivity contribution in [1.82, 2.24) is 4.90 Å². The van der Waals surface area contributed by atoms with Gasteiger partial charge in [0.15, 0.2) is 0 Å². The first kappa shape index (κ1) is 15.0. The highest BCUT2D eigenvalue weighted by Gasteiger charge is 2.52. The highest BCUT2D eigenvalue weighted by molar-refractivity contribution is 5.86. The van der Waals surface area contributed by atoms with Crippen LogP contribution >= 0.6 is 0 Å². The van der Waals surface area contributed by atoms with Crippen molar-refractivity contribution in [2.45, 2.75) is 20.3 Å². The van der Waals surface area contributed by atoms with Crippen LogP contribution in [0, 0.1) is 23.7 Å². The molecule has 1 N–H and O–H groups in total. The van der Waals surface area contributed by atoms with Crippen LogP contribution in [0.4, 0.5) is 0 Å². The Morgan fingerprint density at radius 1 is 1.25 bits per heavy atom. The Kier molecular flexibility index (Phi) is 4.81. The molecule has 2 rings (SSSR count). The largest absolute Gasteiger partial charge is 0.481 e. The molecule has 112 valence electrons. The van der Waals surface area contributed by atoms with Gasteiger partial charge in [-0.05, 0) is 32.1 Å². The van der Waals surface area contributed by atoms with Gasteiger partial charge in [-0.15, -0.1) is 0 Å². The second-order valence-electron chi connectivity index (χ2n) is 5.45. The van der Waals surface area contributed by atoms with Crippen LogP contribution in [0.3, 0.4) is 0 Å². The highest BCUT2D eigenvalue weighted by atomic mass is 16.5. The molecule has 0 aromatic carbocycles. The summed E-state index contributed by atoms with van der Waals surface area (Å²) in [5.74, 6) is -1.72. The molecule has 0 heterocycles. The summed E-state index contributed by atoms with van der Waals surface area (Å²) in [6.45, 7) is 6.09. The lowest BCUT2D eigenvalue weighted by atomic mass is 9.82. The summed E-state index contributed by atoms with van der Waals surface area (Å²) in [5, 5.41) is 9.39. The number of likely N-dealkylation sites (N-methyl/N-ethyl adjacent to an activating group) is 1. The number of hydrogen-bond acceptors (Lipinski definition) is 3. The van der Waals surface area contributed by atoms with Gasteiger partial charge in [-0.3, -0.25) is 9.59 Å². The van der Waals surface area contributed by atoms with E-state index in [4.69, 9.17) is 4.74 Å². The number of aliphatic carboxylic acids is 1. The minimum atomic E-state index is -0.846. The van der Waals surface area contributed by atoms with Crippen molar-refractivity contribution in [3.8, 4) is 0 Å². The normalized spacial score (nSPS) is 30.7. The number of carboxylic acids is 1. The predicted octanol–water partition coefficient (Wildman–Crippen LogP) is 1.39. The first-order chi connectivity index (χ1) is 9.60. The van der Waals surface area contributed by atoms with Crippen LogP contribution in [0.5, 0.6) is 0 Å². The van der Waals surface area contributed by atoms with Gasteiger partial charge in [0.25, 0.3) is 0 Å². The molecule has 1 saturated carbocycles. The molecule has 5 heteroatoms. The number of ether oxygens (including phenoxy) is 1. The van der Waals surface area contributed by atoms with Crippen LogP contribution in [0.2, 0.25) is 0 Å². The first-order valence-electron chi connectivity index (χ1n) is 7.37. The number of rotatable bonds is 7. The Hall–Kier alpha value is -1.36. The molecule has 2 aliphatic rings. The summed E-state index contributed by atoms with van der Waals surface area (Å²) in [7, 11) is 0. The number of fused-ring (bicyclic) bond motifs is 2. The van der Waals surface area contributed by atoms with Gasteiger partial charge in [0, 0.05) is 19.7 Å². The van der Waals surface area contributed by atoms with E-state index in [9.17, 15) is 14.7 Å². The number of hydrogen-bond donors (Lipinski definition) is 1. The van der Waals surface area contributed by atoms with Gasteiger partial charge in [0.2, 0.25) is 5.91 Å². The van der Waals surface area contributed by atoms with Gasteiger partial charge in [-0.1, -0.05) is 12.2 Å². The van der Waals surface area contributed by atoms with E-state index in [-0.39, 0.29) is 17.7 Å². The monoisotopic (exact) mass is 281 g/mol. The Morgan fingerprint density at radius 2 is 1.90 bits per heavy atom. The van der Waals surface area contributed by atoms with E-state index in [0.29, 0.717) is 26.3 Å². The quantitative estimate of drug-likeness (QED) is 0.566. The van der Waals surface area contributed by atoms with E-state index in [2.05, 4.69) is 0 Å². The van der Waals surface area contributed by atoms with Crippen molar-refractivity contribution < 1.29 is 19.4 Å². The fourth-order valence-electron chi connectivity index (χ4n) is 3.45. The molecule has 0 saturated heterocycles. The number of carboxylic acid groups (broad SMARTS) is 1. The number of carbonyl (C=O) groups is 2. The molecular weight excluding hydrogens is 258 g/mol. The molecule has 20 heavy (non-hydrogen) atoms. The standard InChI is InChI=1S/C15H23NO4/c1-3-16(7-8-20-4-2)14(17)12-10-5-6-11(9-10)13(12)15(18)19/h5-6,10-13H,3-4,7-9H2,1-2H3,(H,18,19). The van der Waals surface area contributed by atoms with Crippen LogP contribution in [-0.4, -0.2) is 48.2 Å². The minimum Gasteiger partial charge on any atom is -0.481 e. The summed E-state index contributed by atoms with van der Waals surface area (Å²) in [4.78, 5) is 25.8. The average Bonchev–Trinajstić information content (AvgIpc) is 3.03. The molecule has 0 aromatic rings. The molecule has 1 amide bonds. The van der Waals surface area contributed by atoms with E-state index < -0.39 is 17.8 Å². The lowest BCUT2D eigenvalue weighted by Gasteiger charge is -2.30. The van der Waals surface area contributed by atoms with Crippen LogP contribution in [-0.2, 0) is 14.3 Å². The third kappa shape index (κ3) is 2.73. The van der Waals surface area contributed by atoms with E-state index in [1.807, 2.05) is 26.0 Å². The summed E-state index contributed by atoms with van der Waals surface area (Å²) >= 11 is 0. The number of amides is 1. The average molecular weight is 281 g/mol. The smallest absolute Gasteiger partial charge is 0.307 e. The summed E-state index contributed by atoms with van der Waals surface area (Å²) < 4.78 is 5.29. The molecule has 4 unspecified atom stereocenters. The van der Waals surface area contributed by atoms with Crippen LogP contribution < -0.4 is 0 Å². The van der Waals surface area contributed by atoms with E-state index >= 15 is 0 Å². The zero-order chi connectivity index (χ0) is 14.7. The van der Waals surface area contributed by atoms with Crippen LogP contribution in [0.1, 0.15) is 20.3 Å². The molecule has 2 aliphatic carbocycles. The maximum atomic E-state index is 12.6. The molecule has 0 spiro atoms. The molecule has 0 aromatic heterocycles. The van der Waals surface area contributed by atoms with Crippen molar-refractivity contribution in [3.05, 3.63) is 12.2 Å². The number of carbonyl (C=O) groups excluding carboxylic acids is 1. The predicted molar refractivity (Wildman–Crippen MR) is 74.1 cm³/mol. The van der Waals surface area contributed by atoms with Gasteiger partial charge < -0.3 is 14.7 Å². The highest BCUT2D eigenvalue weighted by Crippen LogP contribution is 2.48. The lowest BCUT2D eigenvalue weighted by molar-refractivity contribution is -0.151. The molecule has 1 fully saturated rings. The molecule has 4 atom stereocenters. The molecular formula is C15H23NO4. The molecule has 0 aliphatic heterocycles. The molecule has 0 radical (unpaired) electrons. The summed E-state index contributed by atoms with van der Waals surface area (Å²) in [6.07, 6.45) is 4.78. The van der Waals surface area contributed by atoms with Gasteiger partial charge in [-0.2, -0.15) is 0 Å². The van der Waals surface area contributed by atoms with Crippen LogP contribution in [0.25, 0.3) is 0 Å². The minimum absolute atomic E-state index is 0.0250. The fourth-order valence-corrected chi connectivity index (χ4v) is 3.45. The van der Waals surface area contributed by atoms with Crippen molar-refractivity contribution in [2.75, 3.05) is 26.3 Å². The maximum Gasteiger partial charge on any atom is 0.307 e. The maximum absolute atomic E-state index is 12.6. The summed E-state index contributed by atoms with van der Waals surface area (Å²) in [6, 6.07) is 0. The zero-order valence-electron chi connectivity index (χ0n) is 12.1. The topological polar surface area (TPSA) is 66.8 Å². The van der Waals surface area contributed by atoms with Crippen LogP contribution in [0.15, 0.2) is 12.2 Å². The van der Waals surface area contributed by atoms with E-state index in [0.717, 1.165) is 6.42 Å². The fraction of sp³-hybridized carbons (Fsp3) is 0.733. The molecule has 5 nitrogen and oxygen atoms in total. The number of nitrogens with zero attached hydrogens (tertiary/aromatic N) is 1. The molecule has 2 bridgehead atoms. The Labute approximate surface area is 119 Å². The third-order valence-electron chi connectivity index (χ3n) is 4.43. The number of allylic oxidation sites excluding steroid dienone is 2. The van der Waals surface area contributed by atoms with E-state index in [1.165, 1.54) is 0 Å². The Morgan fingerprint density at radius 3 is 2.45 bits per heavy atom. The second kappa shape index (κ2) is 6.39. The SMILES string of the molecule is CCOCCN(CC)C(=O)C1C2C=CC(C2)C1C(=O)O. The third-order valence-corrected chi connectivity index (χ3v) is 4.43. The van der Waals surface area contributed by atoms with Gasteiger partial charge in [0.1, 0.15) is 0 Å². The zero-order valence-corrected chi connectivity index (χ0v) is 12.1. The second-order valence-corrected chi connectivity index (χ2v) is 5.45. The summed E-state index contributed by atoms with van der Waals surface area (Å²) in [5.41, 5.74) is 0. The Balaban J connectivity index is 2.06. The van der Waals surface area contributed by atoms with Crippen molar-refractivity contribution in [1.29, 1.82) is 0 Å². The van der Waals surface area contributed by atoms with Gasteiger partial charge in [-0.25, -0.2) is 0 Å². The van der Waals surface area contributed by atoms with Crippen molar-refractivity contribution in [3.63, 3.8) is 0 Å².